The molecule has 2 N–H and O–H groups in total. The molecule has 0 spiro atoms. The monoisotopic (exact) mass is 286 g/mol. The summed E-state index contributed by atoms with van der Waals surface area (Å²) in [5.41, 5.74) is 2.27. The summed E-state index contributed by atoms with van der Waals surface area (Å²) >= 11 is 0. The Kier molecular flexibility index (Phi) is 4.47. The highest BCUT2D eigenvalue weighted by Crippen LogP contribution is 2.34. The van der Waals surface area contributed by atoms with Crippen LogP contribution < -0.4 is 10.6 Å². The smallest absolute Gasteiger partial charge is 0.227 e. The highest BCUT2D eigenvalue weighted by molar-refractivity contribution is 5.86. The number of nitrogens with one attached hydrogen (secondary N) is 2. The summed E-state index contributed by atoms with van der Waals surface area (Å²) in [5, 5.41) is 6.69. The molecule has 0 saturated heterocycles. The first kappa shape index (κ1) is 14.4. The third-order valence-corrected chi connectivity index (χ3v) is 4.93. The largest absolute Gasteiger partial charge is 0.382 e. The predicted octanol–water partition coefficient (Wildman–Crippen LogP) is 3.67. The van der Waals surface area contributed by atoms with Crippen molar-refractivity contribution < 1.29 is 4.79 Å². The molecule has 1 aromatic rings. The van der Waals surface area contributed by atoms with Crippen LogP contribution in [-0.4, -0.2) is 18.5 Å². The molecule has 3 heteroatoms. The summed E-state index contributed by atoms with van der Waals surface area (Å²) in [5.74, 6) is 0.902. The van der Waals surface area contributed by atoms with E-state index in [1.54, 1.807) is 0 Å². The molecule has 1 aliphatic carbocycles. The van der Waals surface area contributed by atoms with Crippen molar-refractivity contribution in [3.8, 4) is 0 Å². The Labute approximate surface area is 127 Å². The van der Waals surface area contributed by atoms with Gasteiger partial charge in [0.1, 0.15) is 0 Å². The first-order valence-electron chi connectivity index (χ1n) is 8.37. The van der Waals surface area contributed by atoms with E-state index in [1.165, 1.54) is 32.1 Å². The third-order valence-electron chi connectivity index (χ3n) is 4.93. The number of para-hydroxylation sites is 1. The lowest BCUT2D eigenvalue weighted by atomic mass is 9.86. The van der Waals surface area contributed by atoms with Gasteiger partial charge in [-0.15, -0.1) is 0 Å². The number of hydrogen-bond acceptors (Lipinski definition) is 2. The molecule has 21 heavy (non-hydrogen) atoms. The molecule has 114 valence electrons. The van der Waals surface area contributed by atoms with Crippen LogP contribution >= 0.6 is 0 Å². The number of carbonyl (C=O) groups is 1. The summed E-state index contributed by atoms with van der Waals surface area (Å²) in [6.45, 7) is 3.01. The van der Waals surface area contributed by atoms with Crippen LogP contribution in [0.15, 0.2) is 24.3 Å². The molecule has 1 aromatic carbocycles. The number of anilines is 1. The van der Waals surface area contributed by atoms with E-state index >= 15 is 0 Å². The normalized spacial score (nSPS) is 25.8. The molecule has 2 atom stereocenters. The Morgan fingerprint density at radius 3 is 2.81 bits per heavy atom. The summed E-state index contributed by atoms with van der Waals surface area (Å²) < 4.78 is 0. The summed E-state index contributed by atoms with van der Waals surface area (Å²) in [4.78, 5) is 12.6. The highest BCUT2D eigenvalue weighted by Gasteiger charge is 2.29. The first-order chi connectivity index (χ1) is 10.2. The molecule has 0 aromatic heterocycles. The van der Waals surface area contributed by atoms with E-state index in [0.717, 1.165) is 24.2 Å². The lowest BCUT2D eigenvalue weighted by Gasteiger charge is -2.31. The van der Waals surface area contributed by atoms with E-state index in [0.29, 0.717) is 12.0 Å². The summed E-state index contributed by atoms with van der Waals surface area (Å²) in [6.07, 6.45) is 7.46. The SMILES string of the molecule is C[C@H]1C[C@H](C(=O)NCC2CCCCC2)c2ccccc2N1. The standard InChI is InChI=1S/C18H26N2O/c1-13-11-16(15-9-5-6-10-17(15)20-13)18(21)19-12-14-7-3-2-4-8-14/h5-6,9-10,13-14,16,20H,2-4,7-8,11-12H2,1H3,(H,19,21)/t13-,16-/m0/s1. The van der Waals surface area contributed by atoms with E-state index in [2.05, 4.69) is 29.7 Å². The fourth-order valence-electron chi connectivity index (χ4n) is 3.74. The van der Waals surface area contributed by atoms with Crippen LogP contribution in [0.25, 0.3) is 0 Å². The molecule has 1 heterocycles. The van der Waals surface area contributed by atoms with Gasteiger partial charge in [-0.1, -0.05) is 37.5 Å². The zero-order valence-electron chi connectivity index (χ0n) is 12.9. The molecule has 1 aliphatic heterocycles. The summed E-state index contributed by atoms with van der Waals surface area (Å²) in [6, 6.07) is 8.56. The second kappa shape index (κ2) is 6.50. The Hall–Kier alpha value is -1.51. The number of fused-ring (bicyclic) bond motifs is 1. The molecule has 1 saturated carbocycles. The van der Waals surface area contributed by atoms with Gasteiger partial charge in [0.15, 0.2) is 0 Å². The van der Waals surface area contributed by atoms with Crippen molar-refractivity contribution >= 4 is 11.6 Å². The molecule has 0 radical (unpaired) electrons. The number of benzene rings is 1. The van der Waals surface area contributed by atoms with Gasteiger partial charge in [-0.25, -0.2) is 0 Å². The van der Waals surface area contributed by atoms with Gasteiger partial charge in [-0.05, 0) is 43.7 Å². The van der Waals surface area contributed by atoms with Gasteiger partial charge in [0.05, 0.1) is 5.92 Å². The van der Waals surface area contributed by atoms with Gasteiger partial charge in [-0.3, -0.25) is 4.79 Å². The third kappa shape index (κ3) is 3.39. The van der Waals surface area contributed by atoms with Crippen molar-refractivity contribution in [1.82, 2.24) is 5.32 Å². The fraction of sp³-hybridized carbons (Fsp3) is 0.611. The average molecular weight is 286 g/mol. The second-order valence-electron chi connectivity index (χ2n) is 6.67. The van der Waals surface area contributed by atoms with Crippen LogP contribution in [0, 0.1) is 5.92 Å². The maximum atomic E-state index is 12.6. The van der Waals surface area contributed by atoms with Crippen LogP contribution in [0.5, 0.6) is 0 Å². The fourth-order valence-corrected chi connectivity index (χ4v) is 3.74. The molecule has 0 bridgehead atoms. The maximum absolute atomic E-state index is 12.6. The molecule has 3 nitrogen and oxygen atoms in total. The molecule has 0 unspecified atom stereocenters. The van der Waals surface area contributed by atoms with Gasteiger partial charge < -0.3 is 10.6 Å². The Morgan fingerprint density at radius 2 is 2.00 bits per heavy atom. The predicted molar refractivity (Wildman–Crippen MR) is 86.5 cm³/mol. The first-order valence-corrected chi connectivity index (χ1v) is 8.37. The van der Waals surface area contributed by atoms with Gasteiger partial charge in [0.2, 0.25) is 5.91 Å². The Balaban J connectivity index is 1.64. The van der Waals surface area contributed by atoms with Gasteiger partial charge >= 0.3 is 0 Å². The van der Waals surface area contributed by atoms with Crippen LogP contribution in [0.2, 0.25) is 0 Å². The van der Waals surface area contributed by atoms with Crippen LogP contribution in [0.3, 0.4) is 0 Å². The van der Waals surface area contributed by atoms with Crippen LogP contribution in [0.1, 0.15) is 56.9 Å². The highest BCUT2D eigenvalue weighted by atomic mass is 16.1. The minimum Gasteiger partial charge on any atom is -0.382 e. The van der Waals surface area contributed by atoms with Crippen molar-refractivity contribution in [1.29, 1.82) is 0 Å². The molecular formula is C18H26N2O. The van der Waals surface area contributed by atoms with Gasteiger partial charge in [0.25, 0.3) is 0 Å². The lowest BCUT2D eigenvalue weighted by molar-refractivity contribution is -0.123. The summed E-state index contributed by atoms with van der Waals surface area (Å²) in [7, 11) is 0. The van der Waals surface area contributed by atoms with Crippen molar-refractivity contribution in [2.45, 2.75) is 57.4 Å². The van der Waals surface area contributed by atoms with Crippen molar-refractivity contribution in [3.63, 3.8) is 0 Å². The molecule has 2 aliphatic rings. The van der Waals surface area contributed by atoms with E-state index in [4.69, 9.17) is 0 Å². The second-order valence-corrected chi connectivity index (χ2v) is 6.67. The minimum atomic E-state index is 0.000963. The maximum Gasteiger partial charge on any atom is 0.227 e. The number of amides is 1. The van der Waals surface area contributed by atoms with Crippen LogP contribution in [-0.2, 0) is 4.79 Å². The zero-order valence-corrected chi connectivity index (χ0v) is 12.9. The quantitative estimate of drug-likeness (QED) is 0.890. The molecule has 1 fully saturated rings. The molecule has 1 amide bonds. The van der Waals surface area contributed by atoms with Crippen molar-refractivity contribution in [3.05, 3.63) is 29.8 Å². The van der Waals surface area contributed by atoms with E-state index in [1.807, 2.05) is 12.1 Å². The van der Waals surface area contributed by atoms with E-state index in [9.17, 15) is 4.79 Å². The number of carbonyl (C=O) groups excluding carboxylic acids is 1. The Morgan fingerprint density at radius 1 is 1.24 bits per heavy atom. The molecule has 3 rings (SSSR count). The Bertz CT molecular complexity index is 494. The van der Waals surface area contributed by atoms with Crippen LogP contribution in [0.4, 0.5) is 5.69 Å². The minimum absolute atomic E-state index is 0.000963. The van der Waals surface area contributed by atoms with Crippen molar-refractivity contribution in [2.75, 3.05) is 11.9 Å². The molecular weight excluding hydrogens is 260 g/mol. The topological polar surface area (TPSA) is 41.1 Å². The number of hydrogen-bond donors (Lipinski definition) is 2. The lowest BCUT2D eigenvalue weighted by Crippen LogP contribution is -2.38. The van der Waals surface area contributed by atoms with E-state index < -0.39 is 0 Å². The van der Waals surface area contributed by atoms with Crippen molar-refractivity contribution in [2.24, 2.45) is 5.92 Å². The average Bonchev–Trinajstić information content (AvgIpc) is 2.52. The van der Waals surface area contributed by atoms with Gasteiger partial charge in [-0.2, -0.15) is 0 Å². The van der Waals surface area contributed by atoms with E-state index in [-0.39, 0.29) is 11.8 Å². The number of rotatable bonds is 3. The zero-order chi connectivity index (χ0) is 14.7. The van der Waals surface area contributed by atoms with Gasteiger partial charge in [0, 0.05) is 18.3 Å².